The van der Waals surface area contributed by atoms with Crippen LogP contribution in [0.4, 0.5) is 0 Å². The van der Waals surface area contributed by atoms with Crippen molar-refractivity contribution in [2.24, 2.45) is 0 Å². The van der Waals surface area contributed by atoms with E-state index in [0.717, 1.165) is 33.2 Å². The highest BCUT2D eigenvalue weighted by atomic mass is 15.0. The first-order chi connectivity index (χ1) is 21.8. The zero-order valence-electron chi connectivity index (χ0n) is 23.8. The van der Waals surface area contributed by atoms with E-state index < -0.39 is 0 Å². The lowest BCUT2D eigenvalue weighted by molar-refractivity contribution is 1.06. The Morgan fingerprint density at radius 1 is 0.295 bits per heavy atom. The summed E-state index contributed by atoms with van der Waals surface area (Å²) < 4.78 is 0. The topological polar surface area (TPSA) is 51.6 Å². The van der Waals surface area contributed by atoms with Gasteiger partial charge < -0.3 is 0 Å². The Bertz CT molecular complexity index is 2210. The maximum absolute atomic E-state index is 5.09. The average Bonchev–Trinajstić information content (AvgIpc) is 3.11. The summed E-state index contributed by atoms with van der Waals surface area (Å²) >= 11 is 0. The molecule has 2 aromatic heterocycles. The van der Waals surface area contributed by atoms with Gasteiger partial charge in [0, 0.05) is 16.5 Å². The quantitative estimate of drug-likeness (QED) is 0.209. The Hall–Kier alpha value is -6.00. The summed E-state index contributed by atoms with van der Waals surface area (Å²) in [5.41, 5.74) is 8.08. The van der Waals surface area contributed by atoms with Crippen LogP contribution in [-0.2, 0) is 0 Å². The van der Waals surface area contributed by atoms with Gasteiger partial charge in [-0.05, 0) is 45.2 Å². The maximum atomic E-state index is 5.09. The smallest absolute Gasteiger partial charge is 0.182 e. The number of aromatic nitrogens is 4. The molecule has 0 bridgehead atoms. The summed E-state index contributed by atoms with van der Waals surface area (Å²) in [6.45, 7) is 0. The summed E-state index contributed by atoms with van der Waals surface area (Å²) in [4.78, 5) is 19.9. The highest BCUT2D eigenvalue weighted by molar-refractivity contribution is 6.09. The summed E-state index contributed by atoms with van der Waals surface area (Å²) in [6, 6.07) is 54.1. The third kappa shape index (κ3) is 4.69. The number of rotatable bonds is 5. The van der Waals surface area contributed by atoms with E-state index in [4.69, 9.17) is 19.9 Å². The van der Waals surface area contributed by atoms with Gasteiger partial charge in [-0.3, -0.25) is 0 Å². The molecule has 0 aliphatic carbocycles. The summed E-state index contributed by atoms with van der Waals surface area (Å²) in [6.07, 6.45) is 0. The second kappa shape index (κ2) is 11.0. The molecular weight excluding hydrogens is 536 g/mol. The maximum Gasteiger partial charge on any atom is 0.182 e. The van der Waals surface area contributed by atoms with Gasteiger partial charge in [0.05, 0.1) is 5.52 Å². The molecular formula is C40H26N4. The van der Waals surface area contributed by atoms with E-state index in [-0.39, 0.29) is 0 Å². The molecule has 0 aliphatic heterocycles. The normalized spacial score (nSPS) is 11.2. The number of pyridine rings is 1. The Morgan fingerprint density at radius 2 is 0.750 bits per heavy atom. The molecule has 6 aromatic carbocycles. The number of fused-ring (bicyclic) bond motifs is 2. The first-order valence-corrected chi connectivity index (χ1v) is 14.7. The fraction of sp³-hybridized carbons (Fsp3) is 0. The fourth-order valence-electron chi connectivity index (χ4n) is 5.84. The summed E-state index contributed by atoms with van der Waals surface area (Å²) in [7, 11) is 0. The van der Waals surface area contributed by atoms with Crippen molar-refractivity contribution in [3.05, 3.63) is 158 Å². The molecule has 0 unspecified atom stereocenters. The van der Waals surface area contributed by atoms with Gasteiger partial charge in [-0.25, -0.2) is 19.9 Å². The van der Waals surface area contributed by atoms with Gasteiger partial charge in [0.15, 0.2) is 17.5 Å². The van der Waals surface area contributed by atoms with E-state index in [1.807, 2.05) is 66.7 Å². The van der Waals surface area contributed by atoms with E-state index in [2.05, 4.69) is 91.0 Å². The molecule has 8 rings (SSSR count). The molecule has 4 nitrogen and oxygen atoms in total. The van der Waals surface area contributed by atoms with E-state index in [0.29, 0.717) is 23.2 Å². The Morgan fingerprint density at radius 3 is 1.36 bits per heavy atom. The van der Waals surface area contributed by atoms with Crippen molar-refractivity contribution in [1.29, 1.82) is 0 Å². The minimum atomic E-state index is 0.537. The molecule has 0 saturated carbocycles. The molecule has 4 heteroatoms. The third-order valence-electron chi connectivity index (χ3n) is 7.94. The first kappa shape index (κ1) is 25.7. The molecule has 2 heterocycles. The van der Waals surface area contributed by atoms with Crippen molar-refractivity contribution in [3.63, 3.8) is 0 Å². The second-order valence-corrected chi connectivity index (χ2v) is 10.7. The van der Waals surface area contributed by atoms with Gasteiger partial charge in [0.2, 0.25) is 0 Å². The standard InChI is InChI=1S/C40H26N4/c1-4-14-27(15-5-1)30-24-25-33(32-21-11-10-20-31(30)32)35-26-37(41-36-23-13-12-22-34(35)36)40-43-38(28-16-6-2-7-17-28)42-39(44-40)29-18-8-3-9-19-29/h1-26H. The van der Waals surface area contributed by atoms with Crippen molar-refractivity contribution in [3.8, 4) is 56.5 Å². The Kier molecular flexibility index (Phi) is 6.43. The lowest BCUT2D eigenvalue weighted by Gasteiger charge is -2.15. The van der Waals surface area contributed by atoms with Crippen LogP contribution in [0.2, 0.25) is 0 Å². The van der Waals surface area contributed by atoms with Crippen LogP contribution in [0.3, 0.4) is 0 Å². The van der Waals surface area contributed by atoms with Gasteiger partial charge in [0.1, 0.15) is 5.69 Å². The van der Waals surface area contributed by atoms with Crippen molar-refractivity contribution in [1.82, 2.24) is 19.9 Å². The molecule has 0 spiro atoms. The van der Waals surface area contributed by atoms with Crippen LogP contribution in [0.1, 0.15) is 0 Å². The second-order valence-electron chi connectivity index (χ2n) is 10.7. The highest BCUT2D eigenvalue weighted by Crippen LogP contribution is 2.39. The number of benzene rings is 6. The molecule has 206 valence electrons. The van der Waals surface area contributed by atoms with Gasteiger partial charge in [-0.15, -0.1) is 0 Å². The van der Waals surface area contributed by atoms with Gasteiger partial charge in [-0.1, -0.05) is 146 Å². The van der Waals surface area contributed by atoms with Crippen LogP contribution < -0.4 is 0 Å². The predicted octanol–water partition coefficient (Wildman–Crippen LogP) is 9.91. The van der Waals surface area contributed by atoms with E-state index in [1.165, 1.54) is 21.9 Å². The molecule has 0 radical (unpaired) electrons. The summed E-state index contributed by atoms with van der Waals surface area (Å²) in [5.74, 6) is 1.77. The molecule has 0 aliphatic rings. The van der Waals surface area contributed by atoms with Crippen LogP contribution in [-0.4, -0.2) is 19.9 Å². The molecule has 0 saturated heterocycles. The van der Waals surface area contributed by atoms with Crippen molar-refractivity contribution in [2.75, 3.05) is 0 Å². The van der Waals surface area contributed by atoms with Crippen LogP contribution >= 0.6 is 0 Å². The van der Waals surface area contributed by atoms with Crippen LogP contribution in [0, 0.1) is 0 Å². The SMILES string of the molecule is c1ccc(-c2nc(-c3ccccc3)nc(-c3cc(-c4ccc(-c5ccccc5)c5ccccc45)c4ccccc4n3)n2)cc1. The monoisotopic (exact) mass is 562 g/mol. The molecule has 0 fully saturated rings. The third-order valence-corrected chi connectivity index (χ3v) is 7.94. The minimum absolute atomic E-state index is 0.537. The zero-order valence-corrected chi connectivity index (χ0v) is 23.8. The average molecular weight is 563 g/mol. The Labute approximate surface area is 255 Å². The molecule has 0 amide bonds. The largest absolute Gasteiger partial charge is 0.244 e. The van der Waals surface area contributed by atoms with Gasteiger partial charge in [0.25, 0.3) is 0 Å². The van der Waals surface area contributed by atoms with Crippen LogP contribution in [0.15, 0.2) is 158 Å². The van der Waals surface area contributed by atoms with Gasteiger partial charge >= 0.3 is 0 Å². The number of hydrogen-bond donors (Lipinski definition) is 0. The lowest BCUT2D eigenvalue weighted by Crippen LogP contribution is -2.01. The fourth-order valence-corrected chi connectivity index (χ4v) is 5.84. The van der Waals surface area contributed by atoms with Gasteiger partial charge in [-0.2, -0.15) is 0 Å². The minimum Gasteiger partial charge on any atom is -0.244 e. The number of hydrogen-bond acceptors (Lipinski definition) is 4. The summed E-state index contributed by atoms with van der Waals surface area (Å²) in [5, 5.41) is 3.47. The molecule has 44 heavy (non-hydrogen) atoms. The lowest BCUT2D eigenvalue weighted by atomic mass is 9.90. The van der Waals surface area contributed by atoms with E-state index >= 15 is 0 Å². The first-order valence-electron chi connectivity index (χ1n) is 14.7. The number of para-hydroxylation sites is 1. The van der Waals surface area contributed by atoms with Crippen LogP contribution in [0.5, 0.6) is 0 Å². The highest BCUT2D eigenvalue weighted by Gasteiger charge is 2.17. The zero-order chi connectivity index (χ0) is 29.3. The Balaban J connectivity index is 1.37. The van der Waals surface area contributed by atoms with Crippen molar-refractivity contribution in [2.45, 2.75) is 0 Å². The molecule has 8 aromatic rings. The predicted molar refractivity (Wildman–Crippen MR) is 180 cm³/mol. The molecule has 0 N–H and O–H groups in total. The van der Waals surface area contributed by atoms with Crippen molar-refractivity contribution < 1.29 is 0 Å². The number of nitrogens with zero attached hydrogens (tertiary/aromatic N) is 4. The van der Waals surface area contributed by atoms with E-state index in [9.17, 15) is 0 Å². The van der Waals surface area contributed by atoms with E-state index in [1.54, 1.807) is 0 Å². The molecule has 0 atom stereocenters. The van der Waals surface area contributed by atoms with Crippen LogP contribution in [0.25, 0.3) is 78.2 Å². The van der Waals surface area contributed by atoms with Crippen molar-refractivity contribution >= 4 is 21.7 Å².